The zero-order chi connectivity index (χ0) is 16.4. The Kier molecular flexibility index (Phi) is 4.15. The van der Waals surface area contributed by atoms with Gasteiger partial charge >= 0.3 is 6.03 Å². The van der Waals surface area contributed by atoms with E-state index in [0.717, 1.165) is 25.3 Å². The lowest BCUT2D eigenvalue weighted by molar-refractivity contribution is -0.124. The zero-order valence-electron chi connectivity index (χ0n) is 12.5. The first-order valence-electron chi connectivity index (χ1n) is 7.66. The highest BCUT2D eigenvalue weighted by Gasteiger charge is 2.36. The van der Waals surface area contributed by atoms with Crippen molar-refractivity contribution in [1.29, 1.82) is 5.26 Å². The molecule has 7 heteroatoms. The van der Waals surface area contributed by atoms with Gasteiger partial charge in [-0.3, -0.25) is 4.79 Å². The molecule has 2 aliphatic rings. The quantitative estimate of drug-likeness (QED) is 0.894. The average molecular weight is 316 g/mol. The number of benzene rings is 1. The van der Waals surface area contributed by atoms with Gasteiger partial charge in [0.05, 0.1) is 11.3 Å². The molecule has 0 spiro atoms. The van der Waals surface area contributed by atoms with E-state index in [1.807, 2.05) is 6.07 Å². The molecule has 3 amide bonds. The van der Waals surface area contributed by atoms with Gasteiger partial charge in [0.1, 0.15) is 17.9 Å². The Morgan fingerprint density at radius 1 is 1.30 bits per heavy atom. The van der Waals surface area contributed by atoms with Crippen LogP contribution in [-0.2, 0) is 4.79 Å². The summed E-state index contributed by atoms with van der Waals surface area (Å²) in [5, 5.41) is 14.5. The molecule has 1 saturated heterocycles. The smallest absolute Gasteiger partial charge is 0.322 e. The second-order valence-electron chi connectivity index (χ2n) is 5.87. The molecule has 0 radical (unpaired) electrons. The number of hydrogen-bond donors (Lipinski definition) is 2. The van der Waals surface area contributed by atoms with E-state index in [0.29, 0.717) is 13.0 Å². The maximum Gasteiger partial charge on any atom is 0.322 e. The van der Waals surface area contributed by atoms with Crippen molar-refractivity contribution in [2.45, 2.75) is 37.8 Å². The number of rotatable bonds is 3. The van der Waals surface area contributed by atoms with Crippen LogP contribution in [0.4, 0.5) is 14.9 Å². The molecule has 2 N–H and O–H groups in total. The van der Waals surface area contributed by atoms with E-state index in [9.17, 15) is 14.0 Å². The minimum absolute atomic E-state index is 0.0523. The topological polar surface area (TPSA) is 85.2 Å². The van der Waals surface area contributed by atoms with E-state index in [2.05, 4.69) is 10.6 Å². The highest BCUT2D eigenvalue weighted by molar-refractivity contribution is 5.95. The molecule has 0 bridgehead atoms. The molecule has 1 aliphatic carbocycles. The van der Waals surface area contributed by atoms with Gasteiger partial charge in [-0.25, -0.2) is 9.18 Å². The van der Waals surface area contributed by atoms with Gasteiger partial charge in [-0.05, 0) is 43.9 Å². The number of halogens is 1. The number of nitrogens with zero attached hydrogens (tertiary/aromatic N) is 2. The minimum Gasteiger partial charge on any atom is -0.352 e. The Bertz CT molecular complexity index is 681. The lowest BCUT2D eigenvalue weighted by Gasteiger charge is -2.24. The molecular formula is C16H17FN4O2. The monoisotopic (exact) mass is 316 g/mol. The van der Waals surface area contributed by atoms with Crippen molar-refractivity contribution >= 4 is 17.6 Å². The number of nitrogens with one attached hydrogen (secondary N) is 2. The predicted molar refractivity (Wildman–Crippen MR) is 81.0 cm³/mol. The molecule has 23 heavy (non-hydrogen) atoms. The third-order valence-corrected chi connectivity index (χ3v) is 4.08. The number of hydrogen-bond acceptors (Lipinski definition) is 3. The Labute approximate surface area is 133 Å². The van der Waals surface area contributed by atoms with Crippen LogP contribution in [0.3, 0.4) is 0 Å². The number of likely N-dealkylation sites (tertiary alicyclic amines) is 1. The maximum absolute atomic E-state index is 13.1. The summed E-state index contributed by atoms with van der Waals surface area (Å²) in [6, 6.07) is 4.76. The first-order chi connectivity index (χ1) is 11.1. The summed E-state index contributed by atoms with van der Waals surface area (Å²) in [5.74, 6) is -0.665. The predicted octanol–water partition coefficient (Wildman–Crippen LogP) is 1.97. The highest BCUT2D eigenvalue weighted by atomic mass is 19.1. The summed E-state index contributed by atoms with van der Waals surface area (Å²) in [5.41, 5.74) is 0.295. The number of carbonyl (C=O) groups excluding carboxylic acids is 2. The summed E-state index contributed by atoms with van der Waals surface area (Å²) in [4.78, 5) is 26.1. The number of anilines is 1. The second-order valence-corrected chi connectivity index (χ2v) is 5.87. The third-order valence-electron chi connectivity index (χ3n) is 4.08. The Hall–Kier alpha value is -2.62. The molecule has 1 saturated carbocycles. The van der Waals surface area contributed by atoms with Crippen LogP contribution in [0.15, 0.2) is 18.2 Å². The first kappa shape index (κ1) is 15.3. The van der Waals surface area contributed by atoms with Gasteiger partial charge < -0.3 is 15.5 Å². The Balaban J connectivity index is 1.69. The van der Waals surface area contributed by atoms with Gasteiger partial charge in [-0.2, -0.15) is 5.26 Å². The molecular weight excluding hydrogens is 299 g/mol. The summed E-state index contributed by atoms with van der Waals surface area (Å²) in [6.07, 6.45) is 3.36. The third kappa shape index (κ3) is 3.42. The van der Waals surface area contributed by atoms with Crippen molar-refractivity contribution < 1.29 is 14.0 Å². The fourth-order valence-corrected chi connectivity index (χ4v) is 2.71. The summed E-state index contributed by atoms with van der Waals surface area (Å²) < 4.78 is 13.1. The maximum atomic E-state index is 13.1. The molecule has 1 atom stereocenters. The number of nitriles is 1. The van der Waals surface area contributed by atoms with Crippen molar-refractivity contribution in [2.24, 2.45) is 0 Å². The van der Waals surface area contributed by atoms with E-state index in [-0.39, 0.29) is 23.2 Å². The minimum atomic E-state index is -0.539. The summed E-state index contributed by atoms with van der Waals surface area (Å²) >= 11 is 0. The van der Waals surface area contributed by atoms with E-state index < -0.39 is 17.9 Å². The molecule has 2 fully saturated rings. The van der Waals surface area contributed by atoms with Gasteiger partial charge in [0.2, 0.25) is 5.91 Å². The van der Waals surface area contributed by atoms with Gasteiger partial charge in [0.15, 0.2) is 0 Å². The Morgan fingerprint density at radius 3 is 2.78 bits per heavy atom. The molecule has 120 valence electrons. The fraction of sp³-hybridized carbons (Fsp3) is 0.438. The van der Waals surface area contributed by atoms with Crippen molar-refractivity contribution in [1.82, 2.24) is 10.2 Å². The van der Waals surface area contributed by atoms with Crippen LogP contribution in [0.5, 0.6) is 0 Å². The number of urea groups is 1. The average Bonchev–Trinajstić information content (AvgIpc) is 3.20. The molecule has 6 nitrogen and oxygen atoms in total. The molecule has 0 aromatic heterocycles. The van der Waals surface area contributed by atoms with E-state index in [1.165, 1.54) is 17.0 Å². The van der Waals surface area contributed by atoms with Crippen LogP contribution in [0.1, 0.15) is 31.2 Å². The van der Waals surface area contributed by atoms with Gasteiger partial charge in [-0.1, -0.05) is 0 Å². The van der Waals surface area contributed by atoms with Gasteiger partial charge in [-0.15, -0.1) is 0 Å². The largest absolute Gasteiger partial charge is 0.352 e. The number of carbonyl (C=O) groups is 2. The molecule has 1 unspecified atom stereocenters. The molecule has 3 rings (SSSR count). The lowest BCUT2D eigenvalue weighted by Crippen LogP contribution is -2.48. The van der Waals surface area contributed by atoms with Crippen LogP contribution in [0.25, 0.3) is 0 Å². The van der Waals surface area contributed by atoms with Crippen LogP contribution in [0, 0.1) is 17.1 Å². The van der Waals surface area contributed by atoms with Crippen LogP contribution < -0.4 is 10.6 Å². The molecule has 1 heterocycles. The normalized spacial score (nSPS) is 20.0. The summed E-state index contributed by atoms with van der Waals surface area (Å²) in [7, 11) is 0. The standard InChI is InChI=1S/C16H17FN4O2/c17-11-3-6-13(10(8-11)9-18)20-16(23)21-7-1-2-14(21)15(22)19-12-4-5-12/h3,6,8,12,14H,1-2,4-5,7H2,(H,19,22)(H,20,23). The van der Waals surface area contributed by atoms with Crippen LogP contribution in [-0.4, -0.2) is 35.5 Å². The molecule has 1 aromatic carbocycles. The lowest BCUT2D eigenvalue weighted by atomic mass is 10.2. The van der Waals surface area contributed by atoms with E-state index >= 15 is 0 Å². The van der Waals surface area contributed by atoms with Crippen LogP contribution in [0.2, 0.25) is 0 Å². The van der Waals surface area contributed by atoms with E-state index in [1.54, 1.807) is 0 Å². The second kappa shape index (κ2) is 6.24. The van der Waals surface area contributed by atoms with Gasteiger partial charge in [0, 0.05) is 12.6 Å². The van der Waals surface area contributed by atoms with Crippen molar-refractivity contribution in [2.75, 3.05) is 11.9 Å². The van der Waals surface area contributed by atoms with Crippen molar-refractivity contribution in [3.05, 3.63) is 29.6 Å². The van der Waals surface area contributed by atoms with Crippen molar-refractivity contribution in [3.63, 3.8) is 0 Å². The fourth-order valence-electron chi connectivity index (χ4n) is 2.71. The Morgan fingerprint density at radius 2 is 2.09 bits per heavy atom. The SMILES string of the molecule is N#Cc1cc(F)ccc1NC(=O)N1CCCC1C(=O)NC1CC1. The first-order valence-corrected chi connectivity index (χ1v) is 7.66. The number of amides is 3. The van der Waals surface area contributed by atoms with E-state index in [4.69, 9.17) is 5.26 Å². The molecule has 1 aliphatic heterocycles. The van der Waals surface area contributed by atoms with Crippen molar-refractivity contribution in [3.8, 4) is 6.07 Å². The summed E-state index contributed by atoms with van der Waals surface area (Å²) in [6.45, 7) is 0.484. The highest BCUT2D eigenvalue weighted by Crippen LogP contribution is 2.24. The molecule has 1 aromatic rings. The zero-order valence-corrected chi connectivity index (χ0v) is 12.5. The van der Waals surface area contributed by atoms with Crippen LogP contribution >= 0.6 is 0 Å². The van der Waals surface area contributed by atoms with Gasteiger partial charge in [0.25, 0.3) is 0 Å².